The Hall–Kier alpha value is -8.14. The van der Waals surface area contributed by atoms with Crippen molar-refractivity contribution in [3.05, 3.63) is 132 Å². The smallest absolute Gasteiger partial charge is 0.338 e. The number of ketones is 1. The Labute approximate surface area is 397 Å². The van der Waals surface area contributed by atoms with Crippen molar-refractivity contribution < 1.29 is 23.5 Å². The lowest BCUT2D eigenvalue weighted by Crippen LogP contribution is -2.22. The lowest BCUT2D eigenvalue weighted by atomic mass is 9.98. The summed E-state index contributed by atoms with van der Waals surface area (Å²) in [6.07, 6.45) is 16.4. The summed E-state index contributed by atoms with van der Waals surface area (Å²) in [6, 6.07) is 6.27. The summed E-state index contributed by atoms with van der Waals surface area (Å²) in [7, 11) is 3.61. The predicted octanol–water partition coefficient (Wildman–Crippen LogP) is 7.49. The molecule has 22 heteroatoms. The first-order chi connectivity index (χ1) is 32.6. The molecule has 0 unspecified atom stereocenters. The van der Waals surface area contributed by atoms with Crippen molar-refractivity contribution in [3.63, 3.8) is 0 Å². The van der Waals surface area contributed by atoms with Crippen LogP contribution in [0.25, 0.3) is 22.8 Å². The summed E-state index contributed by atoms with van der Waals surface area (Å²) in [5.41, 5.74) is 11.3. The molecule has 0 amide bonds. The van der Waals surface area contributed by atoms with Crippen molar-refractivity contribution >= 4 is 35.0 Å². The van der Waals surface area contributed by atoms with Crippen LogP contribution in [0.15, 0.2) is 86.5 Å². The van der Waals surface area contributed by atoms with Crippen LogP contribution in [0, 0.1) is 25.5 Å². The number of nitrogens with one attached hydrogen (secondary N) is 2. The zero-order valence-corrected chi connectivity index (χ0v) is 40.1. The number of rotatable bonds is 12. The van der Waals surface area contributed by atoms with Crippen LogP contribution in [0.1, 0.15) is 90.9 Å². The number of carbonyl (C=O) groups excluding carboxylic acids is 1. The van der Waals surface area contributed by atoms with Crippen molar-refractivity contribution in [1.29, 1.82) is 0 Å². The van der Waals surface area contributed by atoms with Gasteiger partial charge in [0.05, 0.1) is 69.5 Å². The number of nitrogens with zero attached hydrogens (tertiary/aromatic N) is 14. The third-order valence-corrected chi connectivity index (χ3v) is 10.3. The minimum absolute atomic E-state index is 0.0250. The molecule has 0 saturated heterocycles. The van der Waals surface area contributed by atoms with Gasteiger partial charge in [0.15, 0.2) is 17.4 Å². The molecular formula is C47H55F2N17O3. The fraction of sp³-hybridized carbons (Fsp3) is 0.319. The van der Waals surface area contributed by atoms with E-state index < -0.39 is 17.6 Å². The predicted molar refractivity (Wildman–Crippen MR) is 255 cm³/mol. The summed E-state index contributed by atoms with van der Waals surface area (Å²) in [5, 5.41) is 31.0. The standard InChI is InChI=1S/C24H27FN8O.C15H16FN7.C8H12N2O2/c1-15-8-19(22-26-14-27-23(31-22)30-18-11-28-32(5)13-18)20(25)9-16(15)6-7-21(34)17-10-29-33(12-17)24(2,3)4;1-9-3-12(13(16)4-10(9)5-17)14-18-8-19-15(22-14)21-11-6-20-23(2)7-11;1-8(2,3)10-5-6(4-9-10)7(11)12/h8-14H,6-7H2,1-5H3,(H,26,27,30,31);3-4,6-8H,5,17H2,1-2H3,(H,18,19,21,22);4-5H,1-3H3,(H,11,12). The molecule has 8 aromatic rings. The molecule has 2 aromatic carbocycles. The van der Waals surface area contributed by atoms with Crippen LogP contribution in [0.3, 0.4) is 0 Å². The molecule has 8 rings (SSSR count). The minimum atomic E-state index is -0.939. The minimum Gasteiger partial charge on any atom is -0.478 e. The van der Waals surface area contributed by atoms with E-state index in [1.54, 1.807) is 82.1 Å². The molecule has 0 atom stereocenters. The molecule has 0 bridgehead atoms. The van der Waals surface area contributed by atoms with E-state index >= 15 is 4.39 Å². The zero-order valence-electron chi connectivity index (χ0n) is 40.1. The molecule has 360 valence electrons. The van der Waals surface area contributed by atoms with Crippen LogP contribution in [0.4, 0.5) is 32.1 Å². The number of aryl methyl sites for hydroxylation is 5. The summed E-state index contributed by atoms with van der Waals surface area (Å²) in [4.78, 5) is 48.1. The highest BCUT2D eigenvalue weighted by atomic mass is 19.1. The van der Waals surface area contributed by atoms with E-state index in [0.717, 1.165) is 27.9 Å². The van der Waals surface area contributed by atoms with Crippen molar-refractivity contribution in [1.82, 2.24) is 69.0 Å². The lowest BCUT2D eigenvalue weighted by molar-refractivity contribution is 0.0696. The maximum Gasteiger partial charge on any atom is 0.338 e. The SMILES string of the molecule is CC(C)(C)n1cc(C(=O)O)cn1.Cc1cc(-c2ncnc(Nc3cnn(C)c3)n2)c(F)cc1CCC(=O)c1cnn(C(C)(C)C)c1.Cc1cc(-c2ncnc(Nc3cnn(C)c3)n2)c(F)cc1CN. The number of carboxylic acids is 1. The maximum atomic E-state index is 15.0. The number of benzene rings is 2. The van der Waals surface area contributed by atoms with Gasteiger partial charge >= 0.3 is 5.97 Å². The third-order valence-electron chi connectivity index (χ3n) is 10.3. The number of carbonyl (C=O) groups is 2. The van der Waals surface area contributed by atoms with E-state index in [1.807, 2.05) is 55.4 Å². The van der Waals surface area contributed by atoms with Gasteiger partial charge in [-0.25, -0.2) is 33.5 Å². The fourth-order valence-electron chi connectivity index (χ4n) is 6.51. The number of carboxylic acid groups (broad SMARTS) is 1. The van der Waals surface area contributed by atoms with Gasteiger partial charge < -0.3 is 21.5 Å². The first-order valence-electron chi connectivity index (χ1n) is 21.6. The van der Waals surface area contributed by atoms with E-state index in [2.05, 4.69) is 60.9 Å². The van der Waals surface area contributed by atoms with Crippen molar-refractivity contribution in [3.8, 4) is 22.8 Å². The van der Waals surface area contributed by atoms with Crippen LogP contribution in [-0.4, -0.2) is 85.9 Å². The second kappa shape index (κ2) is 21.2. The van der Waals surface area contributed by atoms with Gasteiger partial charge in [-0.05, 0) is 108 Å². The van der Waals surface area contributed by atoms with E-state index in [9.17, 15) is 14.0 Å². The second-order valence-corrected chi connectivity index (χ2v) is 18.0. The van der Waals surface area contributed by atoms with Crippen LogP contribution in [0.5, 0.6) is 0 Å². The zero-order chi connectivity index (χ0) is 50.2. The average molecular weight is 944 g/mol. The Morgan fingerprint density at radius 3 is 1.49 bits per heavy atom. The average Bonchev–Trinajstić information content (AvgIpc) is 4.14. The monoisotopic (exact) mass is 943 g/mol. The number of hydrogen-bond acceptors (Lipinski definition) is 15. The van der Waals surface area contributed by atoms with Gasteiger partial charge in [-0.3, -0.25) is 23.5 Å². The summed E-state index contributed by atoms with van der Waals surface area (Å²) in [6.45, 7) is 16.0. The summed E-state index contributed by atoms with van der Waals surface area (Å²) in [5.74, 6) is -0.728. The Morgan fingerprint density at radius 2 is 1.09 bits per heavy atom. The molecule has 0 spiro atoms. The highest BCUT2D eigenvalue weighted by molar-refractivity contribution is 5.95. The van der Waals surface area contributed by atoms with E-state index in [4.69, 9.17) is 10.8 Å². The van der Waals surface area contributed by atoms with E-state index in [1.165, 1.54) is 37.2 Å². The molecule has 6 aromatic heterocycles. The van der Waals surface area contributed by atoms with E-state index in [0.29, 0.717) is 35.1 Å². The quantitative estimate of drug-likeness (QED) is 0.0866. The second-order valence-electron chi connectivity index (χ2n) is 18.0. The molecule has 0 aliphatic heterocycles. The number of nitrogens with two attached hydrogens (primary N) is 1. The number of aromatic carboxylic acids is 1. The molecule has 0 fully saturated rings. The van der Waals surface area contributed by atoms with E-state index in [-0.39, 0.29) is 52.6 Å². The molecule has 69 heavy (non-hydrogen) atoms. The molecule has 20 nitrogen and oxygen atoms in total. The largest absolute Gasteiger partial charge is 0.478 e. The normalized spacial score (nSPS) is 11.3. The lowest BCUT2D eigenvalue weighted by Gasteiger charge is -2.18. The number of aromatic nitrogens is 14. The van der Waals surface area contributed by atoms with Crippen LogP contribution < -0.4 is 16.4 Å². The number of halogens is 2. The van der Waals surface area contributed by atoms with Crippen LogP contribution in [-0.2, 0) is 38.1 Å². The number of Topliss-reactive ketones (excluding diaryl/α,β-unsaturated/α-hetero) is 1. The van der Waals surface area contributed by atoms with Gasteiger partial charge in [0.1, 0.15) is 24.3 Å². The van der Waals surface area contributed by atoms with Crippen molar-refractivity contribution in [2.75, 3.05) is 10.6 Å². The number of hydrogen-bond donors (Lipinski definition) is 4. The third kappa shape index (κ3) is 13.3. The molecule has 0 radical (unpaired) electrons. The topological polar surface area (TPSA) is 253 Å². The first-order valence-corrected chi connectivity index (χ1v) is 21.6. The van der Waals surface area contributed by atoms with Crippen LogP contribution in [0.2, 0.25) is 0 Å². The maximum absolute atomic E-state index is 15.0. The van der Waals surface area contributed by atoms with Crippen LogP contribution >= 0.6 is 0 Å². The molecule has 0 aliphatic rings. The van der Waals surface area contributed by atoms with Crippen molar-refractivity contribution in [2.45, 2.75) is 85.9 Å². The van der Waals surface area contributed by atoms with Gasteiger partial charge in [-0.2, -0.15) is 30.4 Å². The summed E-state index contributed by atoms with van der Waals surface area (Å²) < 4.78 is 36.0. The molecule has 5 N–H and O–H groups in total. The molecular weight excluding hydrogens is 889 g/mol. The molecule has 0 aliphatic carbocycles. The Kier molecular flexibility index (Phi) is 15.5. The highest BCUT2D eigenvalue weighted by Gasteiger charge is 2.20. The number of anilines is 4. The highest BCUT2D eigenvalue weighted by Crippen LogP contribution is 2.27. The van der Waals surface area contributed by atoms with Gasteiger partial charge in [0, 0.05) is 51.8 Å². The van der Waals surface area contributed by atoms with Crippen molar-refractivity contribution in [2.24, 2.45) is 19.8 Å². The first kappa shape index (κ1) is 50.3. The molecule has 6 heterocycles. The van der Waals surface area contributed by atoms with Gasteiger partial charge in [0.2, 0.25) is 11.9 Å². The molecule has 0 saturated carbocycles. The van der Waals surface area contributed by atoms with Gasteiger partial charge in [-0.15, -0.1) is 0 Å². The van der Waals surface area contributed by atoms with Gasteiger partial charge in [-0.1, -0.05) is 0 Å². The fourth-order valence-corrected chi connectivity index (χ4v) is 6.51. The van der Waals surface area contributed by atoms with Gasteiger partial charge in [0.25, 0.3) is 0 Å². The Morgan fingerprint density at radius 1 is 0.638 bits per heavy atom. The Bertz CT molecular complexity index is 3070. The summed E-state index contributed by atoms with van der Waals surface area (Å²) >= 11 is 0. The Balaban J connectivity index is 0.000000191.